The van der Waals surface area contributed by atoms with Crippen molar-refractivity contribution in [1.29, 1.82) is 0 Å². The molecule has 0 aliphatic heterocycles. The van der Waals surface area contributed by atoms with Crippen molar-refractivity contribution < 1.29 is 18.0 Å². The molecule has 0 heterocycles. The number of likely N-dealkylation sites (N-methyl/N-ethyl adjacent to an activating group) is 1. The number of hydrogen-bond acceptors (Lipinski definition) is 4. The fourth-order valence-electron chi connectivity index (χ4n) is 3.94. The Morgan fingerprint density at radius 1 is 1.06 bits per heavy atom. The number of aryl methyl sites for hydroxylation is 2. The third-order valence-electron chi connectivity index (χ3n) is 5.80. The summed E-state index contributed by atoms with van der Waals surface area (Å²) in [4.78, 5) is 27.7. The van der Waals surface area contributed by atoms with Crippen LogP contribution in [0.5, 0.6) is 0 Å². The summed E-state index contributed by atoms with van der Waals surface area (Å²) in [5, 5.41) is 3.26. The summed E-state index contributed by atoms with van der Waals surface area (Å²) in [6, 6.07) is 12.3. The van der Waals surface area contributed by atoms with Crippen molar-refractivity contribution in [3.63, 3.8) is 0 Å². The maximum absolute atomic E-state index is 13.4. The van der Waals surface area contributed by atoms with Gasteiger partial charge in [-0.3, -0.25) is 13.9 Å². The fourth-order valence-corrected chi connectivity index (χ4v) is 5.12. The van der Waals surface area contributed by atoms with Crippen LogP contribution in [-0.2, 0) is 26.2 Å². The number of sulfonamides is 1. The number of amides is 2. The van der Waals surface area contributed by atoms with Gasteiger partial charge in [-0.2, -0.15) is 0 Å². The van der Waals surface area contributed by atoms with Crippen LogP contribution in [0.25, 0.3) is 0 Å². The highest BCUT2D eigenvalue weighted by molar-refractivity contribution is 7.92. The summed E-state index contributed by atoms with van der Waals surface area (Å²) in [6.45, 7) is 8.43. The maximum Gasteiger partial charge on any atom is 0.242 e. The molecular formula is C26H36ClN3O4S. The molecule has 7 nitrogen and oxygen atoms in total. The second-order valence-corrected chi connectivity index (χ2v) is 11.0. The van der Waals surface area contributed by atoms with E-state index in [1.165, 1.54) is 4.31 Å². The molecule has 2 rings (SSSR count). The quantitative estimate of drug-likeness (QED) is 0.447. The number of halogens is 1. The number of nitrogens with zero attached hydrogens (tertiary/aromatic N) is 2. The molecule has 2 amide bonds. The maximum atomic E-state index is 13.4. The molecule has 0 aliphatic rings. The van der Waals surface area contributed by atoms with Crippen molar-refractivity contribution in [2.75, 3.05) is 23.7 Å². The van der Waals surface area contributed by atoms with E-state index in [-0.39, 0.29) is 24.8 Å². The average Bonchev–Trinajstić information content (AvgIpc) is 2.79. The lowest BCUT2D eigenvalue weighted by atomic mass is 10.1. The molecule has 1 N–H and O–H groups in total. The molecule has 0 radical (unpaired) electrons. The standard InChI is InChI=1S/C26H36ClN3O4S/c1-6-23(26(32)28-7-2)29(18-21-13-10-19(3)11-14-21)25(31)9-8-16-30(35(5,33)34)24-17-22(27)15-12-20(24)4/h10-15,17,23H,6-9,16,18H2,1-5H3,(H,28,32). The minimum absolute atomic E-state index is 0.105. The first kappa shape index (κ1) is 28.7. The number of hydrogen-bond donors (Lipinski definition) is 1. The molecule has 0 saturated heterocycles. The molecule has 0 aliphatic carbocycles. The van der Waals surface area contributed by atoms with E-state index in [9.17, 15) is 18.0 Å². The van der Waals surface area contributed by atoms with Gasteiger partial charge in [0.1, 0.15) is 6.04 Å². The van der Waals surface area contributed by atoms with Crippen LogP contribution in [0.2, 0.25) is 5.02 Å². The second-order valence-electron chi connectivity index (χ2n) is 8.70. The molecule has 2 aromatic rings. The Morgan fingerprint density at radius 2 is 1.71 bits per heavy atom. The summed E-state index contributed by atoms with van der Waals surface area (Å²) < 4.78 is 26.3. The van der Waals surface area contributed by atoms with Crippen molar-refractivity contribution in [3.8, 4) is 0 Å². The summed E-state index contributed by atoms with van der Waals surface area (Å²) in [6.07, 6.45) is 2.02. The second kappa shape index (κ2) is 12.9. The molecule has 1 atom stereocenters. The van der Waals surface area contributed by atoms with Crippen LogP contribution in [0.15, 0.2) is 42.5 Å². The van der Waals surface area contributed by atoms with E-state index in [4.69, 9.17) is 11.6 Å². The first-order valence-corrected chi connectivity index (χ1v) is 14.1. The molecule has 192 valence electrons. The monoisotopic (exact) mass is 521 g/mol. The van der Waals surface area contributed by atoms with Gasteiger partial charge in [-0.1, -0.05) is 54.4 Å². The molecule has 0 fully saturated rings. The Balaban J connectivity index is 2.23. The minimum Gasteiger partial charge on any atom is -0.355 e. The zero-order valence-electron chi connectivity index (χ0n) is 21.2. The molecule has 0 bridgehead atoms. The van der Waals surface area contributed by atoms with Gasteiger partial charge < -0.3 is 10.2 Å². The Labute approximate surface area is 214 Å². The van der Waals surface area contributed by atoms with Gasteiger partial charge in [-0.15, -0.1) is 0 Å². The van der Waals surface area contributed by atoms with E-state index < -0.39 is 16.1 Å². The van der Waals surface area contributed by atoms with Crippen LogP contribution in [0.3, 0.4) is 0 Å². The van der Waals surface area contributed by atoms with Gasteiger partial charge in [0.2, 0.25) is 21.8 Å². The van der Waals surface area contributed by atoms with Crippen LogP contribution in [0, 0.1) is 13.8 Å². The van der Waals surface area contributed by atoms with Gasteiger partial charge in [0.15, 0.2) is 0 Å². The largest absolute Gasteiger partial charge is 0.355 e. The summed E-state index contributed by atoms with van der Waals surface area (Å²) >= 11 is 6.11. The first-order chi connectivity index (χ1) is 16.5. The molecule has 2 aromatic carbocycles. The third-order valence-corrected chi connectivity index (χ3v) is 7.22. The van der Waals surface area contributed by atoms with E-state index in [0.717, 1.165) is 22.9 Å². The summed E-state index contributed by atoms with van der Waals surface area (Å²) in [5.74, 6) is -0.386. The Kier molecular flexibility index (Phi) is 10.6. The lowest BCUT2D eigenvalue weighted by Crippen LogP contribution is -2.49. The van der Waals surface area contributed by atoms with Crippen LogP contribution in [-0.4, -0.2) is 50.5 Å². The number of rotatable bonds is 12. The van der Waals surface area contributed by atoms with Gasteiger partial charge in [0.05, 0.1) is 11.9 Å². The van der Waals surface area contributed by atoms with E-state index in [2.05, 4.69) is 5.32 Å². The predicted octanol–water partition coefficient (Wildman–Crippen LogP) is 4.45. The smallest absolute Gasteiger partial charge is 0.242 e. The van der Waals surface area contributed by atoms with Gasteiger partial charge in [-0.25, -0.2) is 8.42 Å². The van der Waals surface area contributed by atoms with Crippen molar-refractivity contribution >= 4 is 39.1 Å². The van der Waals surface area contributed by atoms with Gasteiger partial charge in [0, 0.05) is 31.1 Å². The third kappa shape index (κ3) is 8.25. The zero-order chi connectivity index (χ0) is 26.2. The van der Waals surface area contributed by atoms with Gasteiger partial charge in [-0.05, 0) is 56.9 Å². The van der Waals surface area contributed by atoms with Crippen LogP contribution in [0.4, 0.5) is 5.69 Å². The van der Waals surface area contributed by atoms with E-state index in [1.807, 2.05) is 52.0 Å². The summed E-state index contributed by atoms with van der Waals surface area (Å²) in [5.41, 5.74) is 3.31. The lowest BCUT2D eigenvalue weighted by Gasteiger charge is -2.31. The first-order valence-electron chi connectivity index (χ1n) is 11.8. The highest BCUT2D eigenvalue weighted by atomic mass is 35.5. The van der Waals surface area contributed by atoms with Crippen molar-refractivity contribution in [2.24, 2.45) is 0 Å². The van der Waals surface area contributed by atoms with E-state index in [1.54, 1.807) is 23.1 Å². The highest BCUT2D eigenvalue weighted by Gasteiger charge is 2.28. The normalized spacial score (nSPS) is 12.2. The fraction of sp³-hybridized carbons (Fsp3) is 0.462. The lowest BCUT2D eigenvalue weighted by molar-refractivity contribution is -0.141. The number of carbonyl (C=O) groups is 2. The predicted molar refractivity (Wildman–Crippen MR) is 142 cm³/mol. The number of nitrogens with one attached hydrogen (secondary N) is 1. The molecular weight excluding hydrogens is 486 g/mol. The molecule has 0 spiro atoms. The number of anilines is 1. The number of carbonyl (C=O) groups excluding carboxylic acids is 2. The Hall–Kier alpha value is -2.58. The van der Waals surface area contributed by atoms with Crippen LogP contribution >= 0.6 is 11.6 Å². The van der Waals surface area contributed by atoms with Crippen LogP contribution in [0.1, 0.15) is 49.8 Å². The SMILES string of the molecule is CCNC(=O)C(CC)N(Cc1ccc(C)cc1)C(=O)CCCN(c1cc(Cl)ccc1C)S(C)(=O)=O. The van der Waals surface area contributed by atoms with Gasteiger partial charge in [0.25, 0.3) is 0 Å². The van der Waals surface area contributed by atoms with E-state index in [0.29, 0.717) is 36.6 Å². The molecule has 1 unspecified atom stereocenters. The van der Waals surface area contributed by atoms with E-state index >= 15 is 0 Å². The molecule has 9 heteroatoms. The Bertz CT molecular complexity index is 1120. The van der Waals surface area contributed by atoms with Gasteiger partial charge >= 0.3 is 0 Å². The zero-order valence-corrected chi connectivity index (χ0v) is 22.7. The molecule has 35 heavy (non-hydrogen) atoms. The highest BCUT2D eigenvalue weighted by Crippen LogP contribution is 2.27. The van der Waals surface area contributed by atoms with Crippen molar-refractivity contribution in [2.45, 2.75) is 59.5 Å². The van der Waals surface area contributed by atoms with Crippen molar-refractivity contribution in [3.05, 3.63) is 64.2 Å². The van der Waals surface area contributed by atoms with Crippen LogP contribution < -0.4 is 9.62 Å². The number of benzene rings is 2. The van der Waals surface area contributed by atoms with Crippen molar-refractivity contribution in [1.82, 2.24) is 10.2 Å². The topological polar surface area (TPSA) is 86.8 Å². The minimum atomic E-state index is -3.58. The summed E-state index contributed by atoms with van der Waals surface area (Å²) in [7, 11) is -3.58. The molecule has 0 aromatic heterocycles. The molecule has 0 saturated carbocycles. The average molecular weight is 522 g/mol. The Morgan fingerprint density at radius 3 is 2.29 bits per heavy atom.